The van der Waals surface area contributed by atoms with E-state index < -0.39 is 6.04 Å². The number of rotatable bonds is 3. The molecule has 62 valence electrons. The minimum absolute atomic E-state index is 0.0973. The van der Waals surface area contributed by atoms with E-state index in [0.29, 0.717) is 0 Å². The molecule has 0 amide bonds. The van der Waals surface area contributed by atoms with Crippen LogP contribution in [-0.4, -0.2) is 5.78 Å². The summed E-state index contributed by atoms with van der Waals surface area (Å²) in [5.41, 5.74) is 5.63. The van der Waals surface area contributed by atoms with Gasteiger partial charge in [-0.1, -0.05) is 12.0 Å². The predicted octanol–water partition coefficient (Wildman–Crippen LogP) is 1.34. The van der Waals surface area contributed by atoms with Gasteiger partial charge in [0.1, 0.15) is 0 Å². The van der Waals surface area contributed by atoms with Crippen LogP contribution in [-0.2, 0) is 4.79 Å². The highest BCUT2D eigenvalue weighted by atomic mass is 32.1. The molecule has 3 heteroatoms. The molecular weight excluding hydrogens is 170 g/mol. The zero-order chi connectivity index (χ0) is 8.97. The summed E-state index contributed by atoms with van der Waals surface area (Å²) in [6, 6.07) is 3.16. The predicted molar refractivity (Wildman–Crippen MR) is 49.7 cm³/mol. The maximum absolute atomic E-state index is 11.2. The normalized spacial score (nSPS) is 12.0. The Morgan fingerprint density at radius 1 is 1.83 bits per heavy atom. The first-order valence-corrected chi connectivity index (χ1v) is 4.39. The number of carbonyl (C=O) groups is 1. The molecule has 0 radical (unpaired) electrons. The van der Waals surface area contributed by atoms with Crippen molar-refractivity contribution in [3.8, 4) is 12.3 Å². The lowest BCUT2D eigenvalue weighted by molar-refractivity contribution is -0.119. The van der Waals surface area contributed by atoms with Crippen molar-refractivity contribution >= 4 is 17.1 Å². The van der Waals surface area contributed by atoms with E-state index >= 15 is 0 Å². The SMILES string of the molecule is C#CCC(=O)C(N)c1cccs1. The number of thiophene rings is 1. The number of nitrogens with two attached hydrogens (primary N) is 1. The Labute approximate surface area is 75.4 Å². The van der Waals surface area contributed by atoms with Crippen LogP contribution in [0.15, 0.2) is 17.5 Å². The Morgan fingerprint density at radius 3 is 3.08 bits per heavy atom. The third-order valence-electron chi connectivity index (χ3n) is 1.47. The van der Waals surface area contributed by atoms with Gasteiger partial charge in [-0.25, -0.2) is 0 Å². The summed E-state index contributed by atoms with van der Waals surface area (Å²) in [7, 11) is 0. The lowest BCUT2D eigenvalue weighted by atomic mass is 10.1. The second-order valence-corrected chi connectivity index (χ2v) is 3.32. The summed E-state index contributed by atoms with van der Waals surface area (Å²) in [6.07, 6.45) is 5.11. The zero-order valence-corrected chi connectivity index (χ0v) is 7.30. The van der Waals surface area contributed by atoms with E-state index in [9.17, 15) is 4.79 Å². The highest BCUT2D eigenvalue weighted by Crippen LogP contribution is 2.17. The molecule has 0 spiro atoms. The third kappa shape index (κ3) is 1.94. The van der Waals surface area contributed by atoms with E-state index in [1.165, 1.54) is 11.3 Å². The molecule has 0 aromatic carbocycles. The molecule has 0 saturated heterocycles. The molecule has 0 bridgehead atoms. The van der Waals surface area contributed by atoms with Gasteiger partial charge in [-0.3, -0.25) is 4.79 Å². The monoisotopic (exact) mass is 179 g/mol. The number of terminal acetylenes is 1. The topological polar surface area (TPSA) is 43.1 Å². The van der Waals surface area contributed by atoms with Gasteiger partial charge in [-0.2, -0.15) is 0 Å². The van der Waals surface area contributed by atoms with Crippen molar-refractivity contribution in [3.05, 3.63) is 22.4 Å². The van der Waals surface area contributed by atoms with E-state index in [0.717, 1.165) is 4.88 Å². The highest BCUT2D eigenvalue weighted by molar-refractivity contribution is 7.10. The summed E-state index contributed by atoms with van der Waals surface area (Å²) >= 11 is 1.47. The van der Waals surface area contributed by atoms with Gasteiger partial charge >= 0.3 is 0 Å². The van der Waals surface area contributed by atoms with E-state index in [-0.39, 0.29) is 12.2 Å². The molecule has 1 unspecified atom stereocenters. The average molecular weight is 179 g/mol. The van der Waals surface area contributed by atoms with E-state index in [2.05, 4.69) is 5.92 Å². The largest absolute Gasteiger partial charge is 0.317 e. The van der Waals surface area contributed by atoms with Crippen LogP contribution >= 0.6 is 11.3 Å². The Hall–Kier alpha value is -1.11. The lowest BCUT2D eigenvalue weighted by Crippen LogP contribution is -2.19. The van der Waals surface area contributed by atoms with E-state index in [1.54, 1.807) is 0 Å². The summed E-state index contributed by atoms with van der Waals surface area (Å²) in [6.45, 7) is 0. The van der Waals surface area contributed by atoms with Gasteiger partial charge in [0.2, 0.25) is 0 Å². The number of carbonyl (C=O) groups excluding carboxylic acids is 1. The zero-order valence-electron chi connectivity index (χ0n) is 6.49. The number of ketones is 1. The molecule has 0 saturated carbocycles. The van der Waals surface area contributed by atoms with Crippen LogP contribution in [0.3, 0.4) is 0 Å². The standard InChI is InChI=1S/C9H9NOS/c1-2-4-7(11)9(10)8-5-3-6-12-8/h1,3,5-6,9H,4,10H2. The molecule has 0 aliphatic rings. The van der Waals surface area contributed by atoms with Gasteiger partial charge in [0, 0.05) is 4.88 Å². The number of hydrogen-bond acceptors (Lipinski definition) is 3. The highest BCUT2D eigenvalue weighted by Gasteiger charge is 2.14. The van der Waals surface area contributed by atoms with Gasteiger partial charge in [-0.05, 0) is 11.4 Å². The Morgan fingerprint density at radius 2 is 2.58 bits per heavy atom. The van der Waals surface area contributed by atoms with Crippen molar-refractivity contribution in [1.82, 2.24) is 0 Å². The second kappa shape index (κ2) is 4.05. The molecule has 0 aliphatic heterocycles. The van der Waals surface area contributed by atoms with E-state index in [1.807, 2.05) is 17.5 Å². The first kappa shape index (κ1) is 8.98. The van der Waals surface area contributed by atoms with Crippen LogP contribution in [0.4, 0.5) is 0 Å². The van der Waals surface area contributed by atoms with Gasteiger partial charge in [0.25, 0.3) is 0 Å². The summed E-state index contributed by atoms with van der Waals surface area (Å²) < 4.78 is 0. The minimum Gasteiger partial charge on any atom is -0.317 e. The molecule has 1 rings (SSSR count). The first-order valence-electron chi connectivity index (χ1n) is 3.51. The second-order valence-electron chi connectivity index (χ2n) is 2.34. The first-order chi connectivity index (χ1) is 5.75. The van der Waals surface area contributed by atoms with Crippen molar-refractivity contribution < 1.29 is 4.79 Å². The third-order valence-corrected chi connectivity index (χ3v) is 2.43. The van der Waals surface area contributed by atoms with Crippen LogP contribution in [0.5, 0.6) is 0 Å². The maximum Gasteiger partial charge on any atom is 0.166 e. The number of hydrogen-bond donors (Lipinski definition) is 1. The molecule has 0 aliphatic carbocycles. The minimum atomic E-state index is -0.541. The quantitative estimate of drug-likeness (QED) is 0.711. The van der Waals surface area contributed by atoms with Gasteiger partial charge in [0.05, 0.1) is 12.5 Å². The molecule has 1 aromatic rings. The molecule has 1 heterocycles. The summed E-state index contributed by atoms with van der Waals surface area (Å²) in [5.74, 6) is 2.19. The maximum atomic E-state index is 11.2. The van der Waals surface area contributed by atoms with Crippen LogP contribution in [0.1, 0.15) is 17.3 Å². The van der Waals surface area contributed by atoms with Crippen molar-refractivity contribution in [1.29, 1.82) is 0 Å². The van der Waals surface area contributed by atoms with Crippen LogP contribution < -0.4 is 5.73 Å². The Balaban J connectivity index is 2.67. The average Bonchev–Trinajstić information content (AvgIpc) is 2.55. The van der Waals surface area contributed by atoms with E-state index in [4.69, 9.17) is 12.2 Å². The van der Waals surface area contributed by atoms with Crippen LogP contribution in [0.25, 0.3) is 0 Å². The Kier molecular flexibility index (Phi) is 3.03. The van der Waals surface area contributed by atoms with Crippen molar-refractivity contribution in [2.75, 3.05) is 0 Å². The summed E-state index contributed by atoms with van der Waals surface area (Å²) in [4.78, 5) is 12.1. The molecular formula is C9H9NOS. The van der Waals surface area contributed by atoms with Crippen molar-refractivity contribution in [3.63, 3.8) is 0 Å². The van der Waals surface area contributed by atoms with Crippen LogP contribution in [0.2, 0.25) is 0 Å². The van der Waals surface area contributed by atoms with Crippen molar-refractivity contribution in [2.24, 2.45) is 5.73 Å². The number of Topliss-reactive ketones (excluding diaryl/α,β-unsaturated/α-hetero) is 1. The van der Waals surface area contributed by atoms with Crippen LogP contribution in [0, 0.1) is 12.3 Å². The molecule has 1 aromatic heterocycles. The van der Waals surface area contributed by atoms with Crippen molar-refractivity contribution in [2.45, 2.75) is 12.5 Å². The Bertz CT molecular complexity index is 297. The molecule has 2 N–H and O–H groups in total. The van der Waals surface area contributed by atoms with Gasteiger partial charge < -0.3 is 5.73 Å². The van der Waals surface area contributed by atoms with Gasteiger partial charge in [-0.15, -0.1) is 17.8 Å². The lowest BCUT2D eigenvalue weighted by Gasteiger charge is -2.04. The fourth-order valence-corrected chi connectivity index (χ4v) is 1.59. The fourth-order valence-electron chi connectivity index (χ4n) is 0.837. The molecule has 0 fully saturated rings. The molecule has 1 atom stereocenters. The molecule has 2 nitrogen and oxygen atoms in total. The summed E-state index contributed by atoms with van der Waals surface area (Å²) in [5, 5.41) is 1.89. The fraction of sp³-hybridized carbons (Fsp3) is 0.222. The molecule has 12 heavy (non-hydrogen) atoms. The smallest absolute Gasteiger partial charge is 0.166 e. The van der Waals surface area contributed by atoms with Gasteiger partial charge in [0.15, 0.2) is 5.78 Å².